The first-order chi connectivity index (χ1) is 16.6. The highest BCUT2D eigenvalue weighted by molar-refractivity contribution is 7.80. The summed E-state index contributed by atoms with van der Waals surface area (Å²) in [6, 6.07) is 17.7. The van der Waals surface area contributed by atoms with Gasteiger partial charge in [0.25, 0.3) is 0 Å². The summed E-state index contributed by atoms with van der Waals surface area (Å²) in [4.78, 5) is 19.6. The standard InChI is InChI=1S/C26H31N5O2S/c1-3-19-9-4-5-10-20(19)28-23(32)13-16-31-25(22-12-8-15-30(22)17-18-33-2)24(29-26(31)34)21-11-6-7-14-27-21/h4-12,14-15,24-25H,3,13,16-18H2,1-2H3,(H,28,32)(H,29,34)/t24-,25-/m1/s1. The van der Waals surface area contributed by atoms with Crippen molar-refractivity contribution in [1.29, 1.82) is 0 Å². The molecule has 2 aromatic heterocycles. The van der Waals surface area contributed by atoms with Crippen molar-refractivity contribution in [3.8, 4) is 0 Å². The van der Waals surface area contributed by atoms with Crippen LogP contribution in [0.3, 0.4) is 0 Å². The van der Waals surface area contributed by atoms with Crippen molar-refractivity contribution in [1.82, 2.24) is 19.8 Å². The summed E-state index contributed by atoms with van der Waals surface area (Å²) in [5.74, 6) is -0.0292. The van der Waals surface area contributed by atoms with Crippen molar-refractivity contribution >= 4 is 28.9 Å². The van der Waals surface area contributed by atoms with E-state index >= 15 is 0 Å². The molecule has 4 rings (SSSR count). The first kappa shape index (κ1) is 23.9. The van der Waals surface area contributed by atoms with E-state index < -0.39 is 0 Å². The van der Waals surface area contributed by atoms with Crippen molar-refractivity contribution in [2.24, 2.45) is 0 Å². The van der Waals surface area contributed by atoms with Crippen LogP contribution in [-0.4, -0.2) is 45.7 Å². The Labute approximate surface area is 206 Å². The molecule has 178 valence electrons. The molecule has 0 unspecified atom stereocenters. The Bertz CT molecular complexity index is 1120. The van der Waals surface area contributed by atoms with Gasteiger partial charge in [-0.05, 0) is 54.5 Å². The van der Waals surface area contributed by atoms with Gasteiger partial charge in [-0.2, -0.15) is 0 Å². The van der Waals surface area contributed by atoms with Crippen LogP contribution in [0.5, 0.6) is 0 Å². The van der Waals surface area contributed by atoms with Crippen LogP contribution in [0, 0.1) is 0 Å². The lowest BCUT2D eigenvalue weighted by atomic mass is 10.0. The molecule has 2 N–H and O–H groups in total. The van der Waals surface area contributed by atoms with Crippen molar-refractivity contribution in [3.63, 3.8) is 0 Å². The SMILES string of the molecule is CCc1ccccc1NC(=O)CCN1C(=S)N[C@H](c2ccccn2)[C@H]1c1cccn1CCOC. The summed E-state index contributed by atoms with van der Waals surface area (Å²) in [6.45, 7) is 3.93. The number of pyridine rings is 1. The highest BCUT2D eigenvalue weighted by Crippen LogP contribution is 2.38. The fraction of sp³-hybridized carbons (Fsp3) is 0.346. The van der Waals surface area contributed by atoms with E-state index in [1.54, 1.807) is 13.3 Å². The number of anilines is 1. The van der Waals surface area contributed by atoms with E-state index in [0.717, 1.165) is 35.6 Å². The van der Waals surface area contributed by atoms with E-state index in [1.807, 2.05) is 48.5 Å². The van der Waals surface area contributed by atoms with Gasteiger partial charge in [-0.15, -0.1) is 0 Å². The number of aromatic nitrogens is 2. The average molecular weight is 478 g/mol. The number of benzene rings is 1. The Hall–Kier alpha value is -3.23. The third-order valence-corrected chi connectivity index (χ3v) is 6.51. The Kier molecular flexibility index (Phi) is 7.92. The molecule has 34 heavy (non-hydrogen) atoms. The maximum Gasteiger partial charge on any atom is 0.226 e. The lowest BCUT2D eigenvalue weighted by molar-refractivity contribution is -0.116. The molecule has 7 nitrogen and oxygen atoms in total. The van der Waals surface area contributed by atoms with Gasteiger partial charge in [-0.3, -0.25) is 9.78 Å². The third-order valence-electron chi connectivity index (χ3n) is 6.15. The average Bonchev–Trinajstić information content (AvgIpc) is 3.45. The number of methoxy groups -OCH3 is 1. The fourth-order valence-electron chi connectivity index (χ4n) is 4.44. The zero-order valence-corrected chi connectivity index (χ0v) is 20.4. The maximum absolute atomic E-state index is 12.9. The molecule has 1 aromatic carbocycles. The largest absolute Gasteiger partial charge is 0.383 e. The zero-order valence-electron chi connectivity index (χ0n) is 19.6. The van der Waals surface area contributed by atoms with Gasteiger partial charge in [0.2, 0.25) is 5.91 Å². The second-order valence-corrected chi connectivity index (χ2v) is 8.63. The number of rotatable bonds is 10. The second kappa shape index (κ2) is 11.3. The molecule has 0 radical (unpaired) electrons. The predicted octanol–water partition coefficient (Wildman–Crippen LogP) is 4.09. The molecule has 3 heterocycles. The maximum atomic E-state index is 12.9. The number of aryl methyl sites for hydroxylation is 1. The molecule has 0 bridgehead atoms. The highest BCUT2D eigenvalue weighted by atomic mass is 32.1. The molecule has 1 aliphatic rings. The molecule has 0 saturated carbocycles. The monoisotopic (exact) mass is 477 g/mol. The summed E-state index contributed by atoms with van der Waals surface area (Å²) in [7, 11) is 1.70. The molecule has 1 saturated heterocycles. The normalized spacial score (nSPS) is 17.6. The van der Waals surface area contributed by atoms with Crippen LogP contribution in [-0.2, 0) is 22.5 Å². The van der Waals surface area contributed by atoms with Crippen LogP contribution in [0.15, 0.2) is 67.0 Å². The van der Waals surface area contributed by atoms with E-state index in [4.69, 9.17) is 17.0 Å². The molecule has 8 heteroatoms. The molecule has 2 atom stereocenters. The quantitative estimate of drug-likeness (QED) is 0.429. The van der Waals surface area contributed by atoms with Gasteiger partial charge >= 0.3 is 0 Å². The lowest BCUT2D eigenvalue weighted by Gasteiger charge is -2.28. The van der Waals surface area contributed by atoms with Crippen LogP contribution < -0.4 is 10.6 Å². The summed E-state index contributed by atoms with van der Waals surface area (Å²) in [5.41, 5.74) is 4.02. The van der Waals surface area contributed by atoms with Gasteiger partial charge in [-0.25, -0.2) is 0 Å². The molecular weight excluding hydrogens is 446 g/mol. The minimum atomic E-state index is -0.117. The first-order valence-corrected chi connectivity index (χ1v) is 12.0. The highest BCUT2D eigenvalue weighted by Gasteiger charge is 2.41. The second-order valence-electron chi connectivity index (χ2n) is 8.25. The zero-order chi connectivity index (χ0) is 23.9. The van der Waals surface area contributed by atoms with Crippen LogP contribution in [0.4, 0.5) is 5.69 Å². The predicted molar refractivity (Wildman–Crippen MR) is 138 cm³/mol. The van der Waals surface area contributed by atoms with Crippen LogP contribution in [0.2, 0.25) is 0 Å². The number of carbonyl (C=O) groups is 1. The number of nitrogens with zero attached hydrogens (tertiary/aromatic N) is 3. The number of thiocarbonyl (C=S) groups is 1. The lowest BCUT2D eigenvalue weighted by Crippen LogP contribution is -2.33. The fourth-order valence-corrected chi connectivity index (χ4v) is 4.77. The number of carbonyl (C=O) groups excluding carboxylic acids is 1. The van der Waals surface area contributed by atoms with E-state index in [2.05, 4.69) is 44.3 Å². The third kappa shape index (κ3) is 5.29. The number of amides is 1. The Morgan fingerprint density at radius 1 is 1.15 bits per heavy atom. The molecule has 1 aliphatic heterocycles. The summed E-state index contributed by atoms with van der Waals surface area (Å²) >= 11 is 5.74. The number of hydrogen-bond acceptors (Lipinski definition) is 4. The van der Waals surface area contributed by atoms with Gasteiger partial charge in [0.1, 0.15) is 0 Å². The van der Waals surface area contributed by atoms with Crippen molar-refractivity contribution in [2.45, 2.75) is 38.4 Å². The minimum Gasteiger partial charge on any atom is -0.383 e. The van der Waals surface area contributed by atoms with Crippen LogP contribution in [0.1, 0.15) is 42.4 Å². The molecule has 3 aromatic rings. The number of nitrogens with one attached hydrogen (secondary N) is 2. The van der Waals surface area contributed by atoms with Gasteiger partial charge in [0, 0.05) is 50.4 Å². The first-order valence-electron chi connectivity index (χ1n) is 11.6. The van der Waals surface area contributed by atoms with Gasteiger partial charge < -0.3 is 24.8 Å². The van der Waals surface area contributed by atoms with E-state index in [9.17, 15) is 4.79 Å². The molecule has 0 aliphatic carbocycles. The Morgan fingerprint density at radius 2 is 1.97 bits per heavy atom. The number of para-hydroxylation sites is 1. The van der Waals surface area contributed by atoms with E-state index in [1.165, 1.54) is 0 Å². The van der Waals surface area contributed by atoms with Gasteiger partial charge in [0.05, 0.1) is 24.4 Å². The van der Waals surface area contributed by atoms with Gasteiger partial charge in [-0.1, -0.05) is 31.2 Å². The smallest absolute Gasteiger partial charge is 0.226 e. The van der Waals surface area contributed by atoms with Crippen molar-refractivity contribution < 1.29 is 9.53 Å². The summed E-state index contributed by atoms with van der Waals surface area (Å²) in [6.07, 6.45) is 5.03. The Morgan fingerprint density at radius 3 is 2.74 bits per heavy atom. The van der Waals surface area contributed by atoms with E-state index in [0.29, 0.717) is 24.7 Å². The number of ether oxygens (including phenoxy) is 1. The topological polar surface area (TPSA) is 71.4 Å². The minimum absolute atomic E-state index is 0.0292. The molecule has 0 spiro atoms. The Balaban J connectivity index is 1.55. The van der Waals surface area contributed by atoms with Gasteiger partial charge in [0.15, 0.2) is 5.11 Å². The number of hydrogen-bond donors (Lipinski definition) is 2. The van der Waals surface area contributed by atoms with Crippen molar-refractivity contribution in [3.05, 3.63) is 83.9 Å². The van der Waals surface area contributed by atoms with Crippen LogP contribution >= 0.6 is 12.2 Å². The summed E-state index contributed by atoms with van der Waals surface area (Å²) in [5, 5.41) is 7.15. The molecule has 1 fully saturated rings. The summed E-state index contributed by atoms with van der Waals surface area (Å²) < 4.78 is 7.49. The molecular formula is C26H31N5O2S. The van der Waals surface area contributed by atoms with Crippen molar-refractivity contribution in [2.75, 3.05) is 25.6 Å². The van der Waals surface area contributed by atoms with Crippen LogP contribution in [0.25, 0.3) is 0 Å². The molecule has 1 amide bonds. The van der Waals surface area contributed by atoms with E-state index in [-0.39, 0.29) is 18.0 Å².